The second-order valence-corrected chi connectivity index (χ2v) is 4.96. The summed E-state index contributed by atoms with van der Waals surface area (Å²) in [4.78, 5) is 28.4. The normalized spacial score (nSPS) is 12.9. The Balaban J connectivity index is 1.90. The van der Waals surface area contributed by atoms with Crippen molar-refractivity contribution in [3.05, 3.63) is 78.5 Å². The first kappa shape index (κ1) is 14.7. The van der Waals surface area contributed by atoms with Gasteiger partial charge in [-0.25, -0.2) is 4.98 Å². The summed E-state index contributed by atoms with van der Waals surface area (Å²) in [5, 5.41) is 3.01. The van der Waals surface area contributed by atoms with Crippen LogP contribution in [-0.4, -0.2) is 16.6 Å². The number of aromatic nitrogens is 1. The van der Waals surface area contributed by atoms with Gasteiger partial charge in [-0.05, 0) is 6.08 Å². The number of hydrogen-bond donors (Lipinski definition) is 1. The molecule has 1 N–H and O–H groups in total. The second-order valence-electron chi connectivity index (χ2n) is 4.96. The molecule has 0 atom stereocenters. The monoisotopic (exact) mass is 306 g/mol. The molecule has 114 valence electrons. The number of rotatable bonds is 5. The summed E-state index contributed by atoms with van der Waals surface area (Å²) < 4.78 is 5.67. The van der Waals surface area contributed by atoms with Crippen LogP contribution in [0.5, 0.6) is 0 Å². The minimum atomic E-state index is -0.640. The lowest BCUT2D eigenvalue weighted by Gasteiger charge is -2.10. The predicted octanol–water partition coefficient (Wildman–Crippen LogP) is 3.07. The van der Waals surface area contributed by atoms with Crippen molar-refractivity contribution in [3.63, 3.8) is 0 Å². The van der Waals surface area contributed by atoms with Gasteiger partial charge in [0.05, 0.1) is 6.54 Å². The molecule has 0 saturated heterocycles. The summed E-state index contributed by atoms with van der Waals surface area (Å²) in [6, 6.07) is 6.85. The summed E-state index contributed by atoms with van der Waals surface area (Å²) in [5.74, 6) is -0.534. The number of carbonyl (C=O) groups excluding carboxylic acids is 2. The first-order chi connectivity index (χ1) is 11.1. The summed E-state index contributed by atoms with van der Waals surface area (Å²) in [6.45, 7) is 7.65. The lowest BCUT2D eigenvalue weighted by molar-refractivity contribution is 0.0812. The van der Waals surface area contributed by atoms with Gasteiger partial charge >= 0.3 is 0 Å². The van der Waals surface area contributed by atoms with Crippen molar-refractivity contribution in [1.82, 2.24) is 10.3 Å². The summed E-state index contributed by atoms with van der Waals surface area (Å²) >= 11 is 0. The molecule has 0 unspecified atom stereocenters. The summed E-state index contributed by atoms with van der Waals surface area (Å²) in [7, 11) is 0. The number of nitrogens with one attached hydrogen (secondary N) is 1. The van der Waals surface area contributed by atoms with E-state index in [0.717, 1.165) is 0 Å². The van der Waals surface area contributed by atoms with Crippen LogP contribution in [0.25, 0.3) is 11.3 Å². The molecule has 0 radical (unpaired) electrons. The number of ketones is 2. The van der Waals surface area contributed by atoms with Crippen LogP contribution in [0.3, 0.4) is 0 Å². The lowest BCUT2D eigenvalue weighted by atomic mass is 9.91. The first-order valence-corrected chi connectivity index (χ1v) is 7.02. The first-order valence-electron chi connectivity index (χ1n) is 7.02. The van der Waals surface area contributed by atoms with Gasteiger partial charge < -0.3 is 9.73 Å². The third kappa shape index (κ3) is 2.64. The van der Waals surface area contributed by atoms with E-state index in [9.17, 15) is 9.59 Å². The van der Waals surface area contributed by atoms with E-state index in [1.54, 1.807) is 42.5 Å². The Kier molecular flexibility index (Phi) is 3.76. The second kappa shape index (κ2) is 5.88. The van der Waals surface area contributed by atoms with E-state index in [-0.39, 0.29) is 12.2 Å². The number of oxazole rings is 1. The Morgan fingerprint density at radius 1 is 1.22 bits per heavy atom. The zero-order chi connectivity index (χ0) is 16.4. The standard InChI is InChI=1S/C18H14N2O3/c1-3-4-7-11(2)19-10-14-20-15-17(22)16(21)12-8-5-6-9-13(12)18(15)23-14/h3-9,19H,1-2,10H2/b7-4-. The van der Waals surface area contributed by atoms with Crippen LogP contribution in [0.15, 0.2) is 65.8 Å². The van der Waals surface area contributed by atoms with Crippen LogP contribution in [0.2, 0.25) is 0 Å². The highest BCUT2D eigenvalue weighted by molar-refractivity contribution is 6.52. The quantitative estimate of drug-likeness (QED) is 0.679. The van der Waals surface area contributed by atoms with E-state index in [1.165, 1.54) is 0 Å². The topological polar surface area (TPSA) is 72.2 Å². The maximum Gasteiger partial charge on any atom is 0.255 e. The molecular weight excluding hydrogens is 292 g/mol. The van der Waals surface area contributed by atoms with Crippen LogP contribution in [0.4, 0.5) is 0 Å². The number of hydrogen-bond acceptors (Lipinski definition) is 5. The van der Waals surface area contributed by atoms with Crippen molar-refractivity contribution < 1.29 is 14.0 Å². The lowest BCUT2D eigenvalue weighted by Crippen LogP contribution is -2.21. The predicted molar refractivity (Wildman–Crippen MR) is 85.9 cm³/mol. The minimum absolute atomic E-state index is 0.0674. The number of benzene rings is 1. The smallest absolute Gasteiger partial charge is 0.255 e. The SMILES string of the molecule is C=C/C=C\C(=C)NCc1nc2c(o1)-c1ccccc1C(=O)C2=O. The molecule has 5 heteroatoms. The van der Waals surface area contributed by atoms with Crippen molar-refractivity contribution in [2.45, 2.75) is 6.54 Å². The van der Waals surface area contributed by atoms with E-state index < -0.39 is 11.6 Å². The van der Waals surface area contributed by atoms with Crippen molar-refractivity contribution in [2.75, 3.05) is 0 Å². The Bertz CT molecular complexity index is 859. The average molecular weight is 306 g/mol. The molecule has 1 aliphatic carbocycles. The fourth-order valence-electron chi connectivity index (χ4n) is 2.32. The van der Waals surface area contributed by atoms with Crippen LogP contribution in [0, 0.1) is 0 Å². The largest absolute Gasteiger partial charge is 0.438 e. The van der Waals surface area contributed by atoms with Gasteiger partial charge in [0.25, 0.3) is 5.78 Å². The van der Waals surface area contributed by atoms with Gasteiger partial charge in [0.2, 0.25) is 11.7 Å². The average Bonchev–Trinajstić information content (AvgIpc) is 3.00. The molecular formula is C18H14N2O3. The molecule has 1 aliphatic rings. The fourth-order valence-corrected chi connectivity index (χ4v) is 2.32. The number of nitrogens with zero attached hydrogens (tertiary/aromatic N) is 1. The van der Waals surface area contributed by atoms with Crippen LogP contribution in [-0.2, 0) is 6.54 Å². The summed E-state index contributed by atoms with van der Waals surface area (Å²) in [5.41, 5.74) is 1.66. The van der Waals surface area contributed by atoms with E-state index in [4.69, 9.17) is 4.42 Å². The molecule has 5 nitrogen and oxygen atoms in total. The molecule has 23 heavy (non-hydrogen) atoms. The Morgan fingerprint density at radius 2 is 1.96 bits per heavy atom. The van der Waals surface area contributed by atoms with Crippen molar-refractivity contribution in [1.29, 1.82) is 0 Å². The van der Waals surface area contributed by atoms with E-state index in [2.05, 4.69) is 23.5 Å². The van der Waals surface area contributed by atoms with E-state index in [0.29, 0.717) is 28.5 Å². The highest BCUT2D eigenvalue weighted by atomic mass is 16.4. The molecule has 0 aliphatic heterocycles. The fraction of sp³-hybridized carbons (Fsp3) is 0.0556. The van der Waals surface area contributed by atoms with Gasteiger partial charge in [-0.2, -0.15) is 0 Å². The highest BCUT2D eigenvalue weighted by Gasteiger charge is 2.34. The van der Waals surface area contributed by atoms with Gasteiger partial charge in [-0.15, -0.1) is 0 Å². The third-order valence-corrected chi connectivity index (χ3v) is 3.41. The number of Topliss-reactive ketones (excluding diaryl/α,β-unsaturated/α-hetero) is 2. The van der Waals surface area contributed by atoms with E-state index >= 15 is 0 Å². The van der Waals surface area contributed by atoms with Crippen molar-refractivity contribution >= 4 is 11.6 Å². The number of carbonyl (C=O) groups is 2. The number of allylic oxidation sites excluding steroid dienone is 3. The number of fused-ring (bicyclic) bond motifs is 3. The molecule has 1 aromatic carbocycles. The molecule has 0 bridgehead atoms. The van der Waals surface area contributed by atoms with E-state index in [1.807, 2.05) is 0 Å². The molecule has 0 saturated carbocycles. The summed E-state index contributed by atoms with van der Waals surface area (Å²) in [6.07, 6.45) is 5.13. The maximum absolute atomic E-state index is 12.1. The van der Waals surface area contributed by atoms with Gasteiger partial charge in [0, 0.05) is 16.8 Å². The maximum atomic E-state index is 12.1. The van der Waals surface area contributed by atoms with Crippen molar-refractivity contribution in [2.24, 2.45) is 0 Å². The van der Waals surface area contributed by atoms with Gasteiger partial charge in [0.15, 0.2) is 11.5 Å². The van der Waals surface area contributed by atoms with Gasteiger partial charge in [-0.3, -0.25) is 9.59 Å². The molecule has 2 aromatic rings. The zero-order valence-electron chi connectivity index (χ0n) is 12.3. The van der Waals surface area contributed by atoms with Gasteiger partial charge in [-0.1, -0.05) is 49.6 Å². The Labute approximate surface area is 133 Å². The Hall–Kier alpha value is -3.21. The van der Waals surface area contributed by atoms with Crippen LogP contribution < -0.4 is 5.32 Å². The zero-order valence-corrected chi connectivity index (χ0v) is 12.3. The molecule has 1 aromatic heterocycles. The van der Waals surface area contributed by atoms with Crippen LogP contribution >= 0.6 is 0 Å². The Morgan fingerprint density at radius 3 is 2.70 bits per heavy atom. The molecule has 0 spiro atoms. The van der Waals surface area contributed by atoms with Crippen molar-refractivity contribution in [3.8, 4) is 11.3 Å². The minimum Gasteiger partial charge on any atom is -0.438 e. The molecule has 0 amide bonds. The molecule has 1 heterocycles. The molecule has 3 rings (SSSR count). The van der Waals surface area contributed by atoms with Crippen LogP contribution in [0.1, 0.15) is 26.7 Å². The highest BCUT2D eigenvalue weighted by Crippen LogP contribution is 2.33. The molecule has 0 fully saturated rings. The van der Waals surface area contributed by atoms with Gasteiger partial charge in [0.1, 0.15) is 0 Å². The third-order valence-electron chi connectivity index (χ3n) is 3.41.